The summed E-state index contributed by atoms with van der Waals surface area (Å²) in [4.78, 5) is 17.8. The maximum absolute atomic E-state index is 5.35. The number of benzene rings is 1. The number of ether oxygens (including phenoxy) is 1. The van der Waals surface area contributed by atoms with Gasteiger partial charge in [0.15, 0.2) is 5.82 Å². The Morgan fingerprint density at radius 1 is 1.00 bits per heavy atom. The Balaban J connectivity index is 1.39. The fraction of sp³-hybridized carbons (Fsp3) is 0.269. The molecule has 4 heterocycles. The summed E-state index contributed by atoms with van der Waals surface area (Å²) < 4.78 is 5.35. The summed E-state index contributed by atoms with van der Waals surface area (Å²) in [6.45, 7) is 4.11. The van der Waals surface area contributed by atoms with Gasteiger partial charge in [-0.25, -0.2) is 4.98 Å². The Morgan fingerprint density at radius 2 is 1.88 bits per heavy atom. The highest BCUT2D eigenvalue weighted by Gasteiger charge is 2.24. The van der Waals surface area contributed by atoms with Gasteiger partial charge >= 0.3 is 0 Å². The number of hydrogen-bond acceptors (Lipinski definition) is 6. The van der Waals surface area contributed by atoms with Gasteiger partial charge in [-0.05, 0) is 36.9 Å². The molecule has 0 unspecified atom stereocenters. The van der Waals surface area contributed by atoms with Crippen LogP contribution in [0.4, 0.5) is 0 Å². The van der Waals surface area contributed by atoms with Gasteiger partial charge in [-0.15, -0.1) is 0 Å². The minimum atomic E-state index is 0.732. The molecule has 34 heavy (non-hydrogen) atoms. The third-order valence-corrected chi connectivity index (χ3v) is 6.65. The maximum atomic E-state index is 5.35. The Labute approximate surface area is 198 Å². The van der Waals surface area contributed by atoms with Crippen LogP contribution in [-0.2, 0) is 6.42 Å². The predicted octanol–water partition coefficient (Wildman–Crippen LogP) is 3.72. The van der Waals surface area contributed by atoms with Crippen LogP contribution in [0.5, 0.6) is 5.75 Å². The molecule has 1 aromatic carbocycles. The van der Waals surface area contributed by atoms with Crippen molar-refractivity contribution in [3.8, 4) is 28.4 Å². The molecule has 6 rings (SSSR count). The van der Waals surface area contributed by atoms with E-state index in [2.05, 4.69) is 67.4 Å². The molecular weight excluding hydrogens is 426 g/mol. The highest BCUT2D eigenvalue weighted by atomic mass is 16.5. The van der Waals surface area contributed by atoms with E-state index in [0.717, 1.165) is 83.3 Å². The van der Waals surface area contributed by atoms with Crippen LogP contribution in [-0.4, -0.2) is 75.3 Å². The minimum absolute atomic E-state index is 0.732. The molecule has 2 N–H and O–H groups in total. The predicted molar refractivity (Wildman–Crippen MR) is 133 cm³/mol. The van der Waals surface area contributed by atoms with Crippen LogP contribution < -0.4 is 4.74 Å². The topological polar surface area (TPSA) is 86.0 Å². The first-order valence-electron chi connectivity index (χ1n) is 11.6. The number of aromatic amines is 2. The zero-order valence-electron chi connectivity index (χ0n) is 19.4. The highest BCUT2D eigenvalue weighted by molar-refractivity contribution is 5.94. The molecule has 1 aliphatic heterocycles. The van der Waals surface area contributed by atoms with Gasteiger partial charge in [-0.3, -0.25) is 10.1 Å². The molecule has 1 saturated heterocycles. The molecule has 0 spiro atoms. The van der Waals surface area contributed by atoms with Gasteiger partial charge < -0.3 is 19.5 Å². The summed E-state index contributed by atoms with van der Waals surface area (Å²) in [5.74, 6) is 1.52. The SMILES string of the molecule is COc1cncc(-c2ccc3[nH]nc(-c4nc5c([nH]4)CC=CC=C5N4CCN(C)CC4)c3c2)c1. The maximum Gasteiger partial charge on any atom is 0.159 e. The number of imidazole rings is 1. The first-order valence-corrected chi connectivity index (χ1v) is 11.6. The molecule has 1 aliphatic carbocycles. The molecule has 2 aliphatic rings. The number of piperazine rings is 1. The molecule has 1 fully saturated rings. The number of nitrogens with zero attached hydrogens (tertiary/aromatic N) is 5. The van der Waals surface area contributed by atoms with Crippen LogP contribution in [0.25, 0.3) is 39.2 Å². The fourth-order valence-corrected chi connectivity index (χ4v) is 4.67. The molecule has 8 nitrogen and oxygen atoms in total. The molecule has 0 saturated carbocycles. The summed E-state index contributed by atoms with van der Waals surface area (Å²) in [5, 5.41) is 8.82. The summed E-state index contributed by atoms with van der Waals surface area (Å²) >= 11 is 0. The lowest BCUT2D eigenvalue weighted by Gasteiger charge is -2.35. The third kappa shape index (κ3) is 3.66. The summed E-state index contributed by atoms with van der Waals surface area (Å²) in [5.41, 5.74) is 7.16. The molecule has 0 radical (unpaired) electrons. The monoisotopic (exact) mass is 453 g/mol. The van der Waals surface area contributed by atoms with Crippen molar-refractivity contribution in [1.82, 2.24) is 34.9 Å². The summed E-state index contributed by atoms with van der Waals surface area (Å²) in [6, 6.07) is 8.24. The van der Waals surface area contributed by atoms with E-state index >= 15 is 0 Å². The second-order valence-corrected chi connectivity index (χ2v) is 8.83. The van der Waals surface area contributed by atoms with Gasteiger partial charge in [0.05, 0.1) is 24.5 Å². The van der Waals surface area contributed by atoms with Crippen molar-refractivity contribution in [2.75, 3.05) is 40.3 Å². The molecule has 0 amide bonds. The van der Waals surface area contributed by atoms with Crippen molar-refractivity contribution in [3.63, 3.8) is 0 Å². The van der Waals surface area contributed by atoms with E-state index in [-0.39, 0.29) is 0 Å². The molecule has 0 bridgehead atoms. The van der Waals surface area contributed by atoms with E-state index in [9.17, 15) is 0 Å². The number of aromatic nitrogens is 5. The molecule has 8 heteroatoms. The highest BCUT2D eigenvalue weighted by Crippen LogP contribution is 2.33. The van der Waals surface area contributed by atoms with Crippen LogP contribution in [0.3, 0.4) is 0 Å². The lowest BCUT2D eigenvalue weighted by Crippen LogP contribution is -2.43. The summed E-state index contributed by atoms with van der Waals surface area (Å²) in [6.07, 6.45) is 10.9. The zero-order chi connectivity index (χ0) is 23.1. The number of likely N-dealkylation sites (N-methyl/N-ethyl adjacent to an activating group) is 1. The number of methoxy groups -OCH3 is 1. The van der Waals surface area contributed by atoms with Crippen molar-refractivity contribution in [3.05, 3.63) is 66.3 Å². The van der Waals surface area contributed by atoms with Crippen molar-refractivity contribution in [2.45, 2.75) is 6.42 Å². The van der Waals surface area contributed by atoms with Crippen molar-refractivity contribution in [2.24, 2.45) is 0 Å². The van der Waals surface area contributed by atoms with Crippen molar-refractivity contribution >= 4 is 16.6 Å². The number of pyridine rings is 1. The number of allylic oxidation sites excluding steroid dienone is 3. The van der Waals surface area contributed by atoms with Gasteiger partial charge in [0.25, 0.3) is 0 Å². The average Bonchev–Trinajstić information content (AvgIpc) is 3.43. The van der Waals surface area contributed by atoms with Gasteiger partial charge in [0.1, 0.15) is 17.1 Å². The van der Waals surface area contributed by atoms with Crippen LogP contribution >= 0.6 is 0 Å². The number of rotatable bonds is 4. The molecule has 3 aromatic heterocycles. The third-order valence-electron chi connectivity index (χ3n) is 6.65. The Morgan fingerprint density at radius 3 is 2.74 bits per heavy atom. The van der Waals surface area contributed by atoms with Crippen molar-refractivity contribution in [1.29, 1.82) is 0 Å². The van der Waals surface area contributed by atoms with Gasteiger partial charge in [0, 0.05) is 55.4 Å². The second kappa shape index (κ2) is 8.46. The standard InChI is InChI=1S/C26H27N7O/c1-32-9-11-33(12-10-32)23-6-4-3-5-22-25(23)29-26(28-22)24-20-14-17(7-8-21(20)30-31-24)18-13-19(34-2)16-27-15-18/h3-4,6-8,13-16H,5,9-12H2,1-2H3,(H,28,29)(H,30,31). The number of H-pyrrole nitrogens is 2. The zero-order valence-corrected chi connectivity index (χ0v) is 19.4. The average molecular weight is 454 g/mol. The van der Waals surface area contributed by atoms with E-state index in [4.69, 9.17) is 9.72 Å². The van der Waals surface area contributed by atoms with E-state index in [1.54, 1.807) is 13.3 Å². The quantitative estimate of drug-likeness (QED) is 0.490. The minimum Gasteiger partial charge on any atom is -0.495 e. The lowest BCUT2D eigenvalue weighted by atomic mass is 10.0. The molecule has 0 atom stereocenters. The van der Waals surface area contributed by atoms with Gasteiger partial charge in [0.2, 0.25) is 0 Å². The Bertz CT molecular complexity index is 1410. The fourth-order valence-electron chi connectivity index (χ4n) is 4.67. The van der Waals surface area contributed by atoms with E-state index < -0.39 is 0 Å². The van der Waals surface area contributed by atoms with Gasteiger partial charge in [-0.2, -0.15) is 5.10 Å². The number of fused-ring (bicyclic) bond motifs is 2. The largest absolute Gasteiger partial charge is 0.495 e. The van der Waals surface area contributed by atoms with Crippen LogP contribution in [0, 0.1) is 0 Å². The number of nitrogens with one attached hydrogen (secondary N) is 2. The van der Waals surface area contributed by atoms with E-state index in [1.165, 1.54) is 5.70 Å². The van der Waals surface area contributed by atoms with Gasteiger partial charge in [-0.1, -0.05) is 18.2 Å². The van der Waals surface area contributed by atoms with Crippen LogP contribution in [0.15, 0.2) is 54.9 Å². The van der Waals surface area contributed by atoms with Crippen LogP contribution in [0.2, 0.25) is 0 Å². The Hall–Kier alpha value is -3.91. The second-order valence-electron chi connectivity index (χ2n) is 8.83. The first-order chi connectivity index (χ1) is 16.7. The smallest absolute Gasteiger partial charge is 0.159 e. The first kappa shape index (κ1) is 20.7. The molecule has 172 valence electrons. The Kier molecular flexibility index (Phi) is 5.15. The normalized spacial score (nSPS) is 16.4. The van der Waals surface area contributed by atoms with E-state index in [1.807, 2.05) is 18.3 Å². The molecule has 4 aromatic rings. The summed E-state index contributed by atoms with van der Waals surface area (Å²) in [7, 11) is 3.83. The molecular formula is C26H27N7O. The van der Waals surface area contributed by atoms with E-state index in [0.29, 0.717) is 0 Å². The van der Waals surface area contributed by atoms with Crippen LogP contribution in [0.1, 0.15) is 11.4 Å². The van der Waals surface area contributed by atoms with Crippen molar-refractivity contribution < 1.29 is 4.74 Å². The number of hydrogen-bond donors (Lipinski definition) is 2. The lowest BCUT2D eigenvalue weighted by molar-refractivity contribution is 0.207.